The molecular formula is C69H93ClF15N7O19. The zero-order chi connectivity index (χ0) is 87.3. The first-order chi connectivity index (χ1) is 49.9. The number of rotatable bonds is 25. The van der Waals surface area contributed by atoms with Gasteiger partial charge in [0.05, 0.1) is 30.6 Å². The van der Waals surface area contributed by atoms with Gasteiger partial charge in [-0.25, -0.2) is 9.59 Å². The van der Waals surface area contributed by atoms with Gasteiger partial charge in [0.1, 0.15) is 28.8 Å². The predicted octanol–water partition coefficient (Wildman–Crippen LogP) is 10.2. The van der Waals surface area contributed by atoms with Gasteiger partial charge >= 0.3 is 66.8 Å². The van der Waals surface area contributed by atoms with Gasteiger partial charge in [0.15, 0.2) is 29.4 Å². The van der Waals surface area contributed by atoms with Crippen LogP contribution in [0.5, 0.6) is 0 Å². The molecule has 11 N–H and O–H groups in total. The number of alkyl carbamates (subject to hydrolysis) is 1. The molecule has 0 aliphatic heterocycles. The molecule has 0 saturated heterocycles. The predicted molar refractivity (Wildman–Crippen MR) is 369 cm³/mol. The van der Waals surface area contributed by atoms with Gasteiger partial charge in [-0.2, -0.15) is 71.1 Å². The second-order valence-electron chi connectivity index (χ2n) is 24.6. The van der Waals surface area contributed by atoms with Crippen LogP contribution in [0.2, 0.25) is 0 Å². The summed E-state index contributed by atoms with van der Waals surface area (Å²) < 4.78 is 198. The van der Waals surface area contributed by atoms with Gasteiger partial charge in [-0.05, 0) is 105 Å². The molecule has 3 rings (SSSR count). The number of carbonyl (C=O) groups excluding carboxylic acids is 11. The number of alkyl halides is 15. The van der Waals surface area contributed by atoms with Crippen molar-refractivity contribution in [2.24, 2.45) is 23.3 Å². The summed E-state index contributed by atoms with van der Waals surface area (Å²) in [5, 5.41) is 37.6. The van der Waals surface area contributed by atoms with E-state index in [4.69, 9.17) is 31.1 Å². The van der Waals surface area contributed by atoms with Gasteiger partial charge in [-0.1, -0.05) is 91.0 Å². The van der Waals surface area contributed by atoms with E-state index < -0.39 is 168 Å². The minimum absolute atomic E-state index is 0. The summed E-state index contributed by atoms with van der Waals surface area (Å²) in [5.74, 6) is -17.5. The number of aliphatic hydroxyl groups is 1. The molecule has 0 heterocycles. The Bertz CT molecular complexity index is 3390. The van der Waals surface area contributed by atoms with Crippen LogP contribution in [0.15, 0.2) is 91.0 Å². The van der Waals surface area contributed by atoms with Crippen LogP contribution in [0.4, 0.5) is 70.7 Å². The summed E-state index contributed by atoms with van der Waals surface area (Å²) in [6.45, 7) is 17.7. The highest BCUT2D eigenvalue weighted by molar-refractivity contribution is 5.93. The maximum absolute atomic E-state index is 13.2. The number of aryl methyl sites for hydroxylation is 3. The number of nitrogens with one attached hydrogen (secondary N) is 4. The molecule has 0 radical (unpaired) electrons. The molecule has 5 unspecified atom stereocenters. The van der Waals surface area contributed by atoms with Crippen molar-refractivity contribution in [3.63, 3.8) is 0 Å². The number of benzene rings is 3. The van der Waals surface area contributed by atoms with Gasteiger partial charge in [0.2, 0.25) is 23.8 Å². The molecule has 0 aliphatic rings. The molecule has 26 nitrogen and oxygen atoms in total. The Morgan fingerprint density at radius 1 is 0.441 bits per heavy atom. The Morgan fingerprint density at radius 2 is 0.721 bits per heavy atom. The first-order valence-electron chi connectivity index (χ1n) is 32.0. The highest BCUT2D eigenvalue weighted by Gasteiger charge is 2.50. The van der Waals surface area contributed by atoms with Crippen molar-refractivity contribution in [3.05, 3.63) is 108 Å². The lowest BCUT2D eigenvalue weighted by Crippen LogP contribution is -2.53. The monoisotopic (exact) mass is 1640 g/mol. The zero-order valence-electron chi connectivity index (χ0n) is 62.5. The Morgan fingerprint density at radius 3 is 0.928 bits per heavy atom. The summed E-state index contributed by atoms with van der Waals surface area (Å²) in [6, 6.07) is 17.7. The van der Waals surface area contributed by atoms with Crippen molar-refractivity contribution < 1.29 is 158 Å². The van der Waals surface area contributed by atoms with E-state index in [1.54, 1.807) is 6.07 Å². The van der Waals surface area contributed by atoms with Crippen LogP contribution in [-0.4, -0.2) is 178 Å². The number of hydrogen-bond donors (Lipinski definition) is 9. The fourth-order valence-corrected chi connectivity index (χ4v) is 7.31. The fourth-order valence-electron chi connectivity index (χ4n) is 7.31. The number of carboxylic acid groups (broad SMARTS) is 2. The summed E-state index contributed by atoms with van der Waals surface area (Å²) in [7, 11) is 1.00. The van der Waals surface area contributed by atoms with Crippen molar-refractivity contribution in [3.8, 4) is 6.07 Å². The fraction of sp³-hybridized carbons (Fsp3) is 0.536. The number of carboxylic acids is 2. The van der Waals surface area contributed by atoms with E-state index in [1.807, 2.05) is 96.3 Å². The molecule has 3 aromatic rings. The summed E-state index contributed by atoms with van der Waals surface area (Å²) in [4.78, 5) is 144. The van der Waals surface area contributed by atoms with Crippen LogP contribution >= 0.6 is 12.4 Å². The molecule has 0 spiro atoms. The normalized spacial score (nSPS) is 13.1. The summed E-state index contributed by atoms with van der Waals surface area (Å²) >= 11 is 0. The molecule has 111 heavy (non-hydrogen) atoms. The molecule has 0 aromatic heterocycles. The molecule has 0 saturated carbocycles. The Kier molecular flexibility index (Phi) is 54.5. The van der Waals surface area contributed by atoms with E-state index in [1.165, 1.54) is 88.4 Å². The number of hydrogen-bond acceptors (Lipinski definition) is 20. The molecule has 630 valence electrons. The minimum atomic E-state index is -5.07. The van der Waals surface area contributed by atoms with Crippen LogP contribution in [0.3, 0.4) is 0 Å². The van der Waals surface area contributed by atoms with Crippen molar-refractivity contribution in [1.82, 2.24) is 21.3 Å². The number of esters is 3. The lowest BCUT2D eigenvalue weighted by atomic mass is 9.99. The lowest BCUT2D eigenvalue weighted by Gasteiger charge is -2.24. The molecule has 3 aromatic carbocycles. The Balaban J connectivity index is -0.000000307. The zero-order valence-corrected chi connectivity index (χ0v) is 63.3. The van der Waals surface area contributed by atoms with E-state index in [0.717, 1.165) is 30.7 Å². The average Bonchev–Trinajstić information content (AvgIpc) is 0.861. The Hall–Kier alpha value is -9.82. The Labute approximate surface area is 635 Å². The molecule has 42 heteroatoms. The van der Waals surface area contributed by atoms with Gasteiger partial charge in [0.25, 0.3) is 0 Å². The maximum atomic E-state index is 13.2. The third-order valence-corrected chi connectivity index (χ3v) is 12.5. The smallest absolute Gasteiger partial charge is 0.419 e. The number of ketones is 4. The number of aliphatic hydroxyl groups excluding tert-OH is 1. The third kappa shape index (κ3) is 57.9. The molecular weight excluding hydrogens is 1550 g/mol. The van der Waals surface area contributed by atoms with Crippen molar-refractivity contribution >= 4 is 89.2 Å². The minimum Gasteiger partial charge on any atom is -0.480 e. The van der Waals surface area contributed by atoms with Crippen LogP contribution in [-0.2, 0) is 91.0 Å². The van der Waals surface area contributed by atoms with E-state index in [-0.39, 0.29) is 43.2 Å². The number of aliphatic carboxylic acids is 2. The quantitative estimate of drug-likeness (QED) is 0.0165. The summed E-state index contributed by atoms with van der Waals surface area (Å²) in [6.07, 6.45) is -26.4. The van der Waals surface area contributed by atoms with E-state index >= 15 is 0 Å². The van der Waals surface area contributed by atoms with Gasteiger partial charge in [-0.15, -0.1) is 12.4 Å². The van der Waals surface area contributed by atoms with Crippen LogP contribution in [0.1, 0.15) is 139 Å². The highest BCUT2D eigenvalue weighted by atomic mass is 35.5. The van der Waals surface area contributed by atoms with Gasteiger partial charge < -0.3 is 56.9 Å². The van der Waals surface area contributed by atoms with Crippen molar-refractivity contribution in [2.45, 2.75) is 220 Å². The molecule has 0 aliphatic carbocycles. The van der Waals surface area contributed by atoms with Crippen LogP contribution in [0.25, 0.3) is 0 Å². The first-order valence-corrected chi connectivity index (χ1v) is 32.0. The molecule has 0 bridgehead atoms. The number of nitrogens with zero attached hydrogens (tertiary/aromatic N) is 1. The van der Waals surface area contributed by atoms with Crippen LogP contribution in [0, 0.1) is 23.2 Å². The summed E-state index contributed by atoms with van der Waals surface area (Å²) in [5.41, 5.74) is 9.74. The SMILES string of the molecule is CC#N.CC(=O)CC(C(=O)N[C@@H](C)C(=O)CCc1ccccc1)C(F)(F)F.CC(=O)OC(C)=O.CC(C)(C)OC(=O)NC(C(=O)O)C(F)(F)F.CO.C[C@H](NC(=O)C(CC(=O)OC(C)(C)C)C(F)(F)F)C(=O)CCc1ccccc1.C[C@H](NC(=O)C(N)C(F)(F)F)C(=O)CCc1ccccc1.Cl.NC(C(=O)O)C(F)(F)F. The number of Topliss-reactive ketones (excluding diaryl/α,β-unsaturated/α-hetero) is 4. The number of nitrogens with two attached hydrogens (primary N) is 2. The van der Waals surface area contributed by atoms with E-state index in [2.05, 4.69) is 25.8 Å². The van der Waals surface area contributed by atoms with Crippen LogP contribution < -0.4 is 32.7 Å². The van der Waals surface area contributed by atoms with E-state index in [0.29, 0.717) is 19.3 Å². The maximum Gasteiger partial charge on any atom is 0.419 e. The van der Waals surface area contributed by atoms with Crippen molar-refractivity contribution in [1.29, 1.82) is 5.26 Å². The largest absolute Gasteiger partial charge is 0.480 e. The third-order valence-electron chi connectivity index (χ3n) is 12.5. The molecule has 4 amide bonds. The lowest BCUT2D eigenvalue weighted by molar-refractivity contribution is -0.193. The van der Waals surface area contributed by atoms with Gasteiger partial charge in [0, 0.05) is 53.6 Å². The van der Waals surface area contributed by atoms with E-state index in [9.17, 15) is 128 Å². The highest BCUT2D eigenvalue weighted by Crippen LogP contribution is 2.32. The number of ether oxygens (including phenoxy) is 3. The number of amides is 4. The molecule has 8 atom stereocenters. The van der Waals surface area contributed by atoms with Crippen molar-refractivity contribution in [2.75, 3.05) is 7.11 Å². The number of nitriles is 1. The second-order valence-corrected chi connectivity index (χ2v) is 24.6. The second kappa shape index (κ2) is 53.9. The molecule has 0 fully saturated rings. The topological polar surface area (TPSA) is 434 Å². The average molecular weight is 1640 g/mol. The number of halogens is 16. The standard InChI is InChI=1S/C20H26F3NO4.C17H20F3NO3.C14H17F3N2O2.C8H12F3NO4.C4H6O3.C3H4F3NO2.C2H3N.CH4O.ClH/c1-13(16(25)11-10-14-8-6-5-7-9-14)24-18(27)15(20(21,22)23)12-17(26)28-19(2,3)4;1-11(22)10-14(17(18,19)20)16(24)21-12(2)15(23)9-8-13-6-4-3-5-7-13;1-9(19-13(21)12(18)14(15,16)17)11(20)8-7-10-5-3-2-4-6-10;1-7(2,3)16-6(15)12-4(5(13)14)8(9,10)11;1-3(5)7-4(2)6;4-3(5,6)1(7)2(8)9;1-2-3;1-2;/h5-9,13,15H,10-12H2,1-4H3,(H,24,27);3-7,12,14H,8-10H2,1-2H3,(H,21,24);2-6,9,12H,7-8,18H2,1H3,(H,19,21);4H,1-3H3,(H,12,15)(H,13,14);1-2H3;1H,7H2,(H,8,9);1H3;2H,1H3;1H/t13-,15?;12-,14?;9-,12?;;;;;;/m000....../s1. The first kappa shape index (κ1) is 112. The number of carbonyl (C=O) groups is 13. The van der Waals surface area contributed by atoms with Gasteiger partial charge in [-0.3, -0.25) is 58.1 Å².